The van der Waals surface area contributed by atoms with Crippen LogP contribution >= 0.6 is 0 Å². The Bertz CT molecular complexity index is 688. The lowest BCUT2D eigenvalue weighted by Crippen LogP contribution is -2.05. The van der Waals surface area contributed by atoms with Crippen LogP contribution in [0.5, 0.6) is 0 Å². The van der Waals surface area contributed by atoms with Gasteiger partial charge in [-0.05, 0) is 23.8 Å². The Morgan fingerprint density at radius 2 is 2.14 bits per heavy atom. The van der Waals surface area contributed by atoms with Crippen molar-refractivity contribution in [2.75, 3.05) is 5.32 Å². The second-order valence-electron chi connectivity index (χ2n) is 4.13. The Kier molecular flexibility index (Phi) is 4.07. The smallest absolute Gasteiger partial charge is 0.354 e. The Hall–Kier alpha value is -3.03. The quantitative estimate of drug-likeness (QED) is 0.647. The van der Waals surface area contributed by atoms with Crippen LogP contribution in [0.25, 0.3) is 0 Å². The highest BCUT2D eigenvalue weighted by molar-refractivity contribution is 5.85. The Morgan fingerprint density at radius 1 is 1.38 bits per heavy atom. The maximum Gasteiger partial charge on any atom is 0.354 e. The van der Waals surface area contributed by atoms with Gasteiger partial charge >= 0.3 is 5.97 Å². The molecule has 0 saturated heterocycles. The third-order valence-corrected chi connectivity index (χ3v) is 2.68. The molecule has 1 aromatic heterocycles. The van der Waals surface area contributed by atoms with Crippen LogP contribution in [-0.4, -0.2) is 21.0 Å². The van der Waals surface area contributed by atoms with E-state index in [9.17, 15) is 19.3 Å². The third kappa shape index (κ3) is 3.50. The van der Waals surface area contributed by atoms with Crippen LogP contribution in [-0.2, 0) is 6.54 Å². The molecule has 0 aliphatic carbocycles. The van der Waals surface area contributed by atoms with E-state index in [1.165, 1.54) is 18.3 Å². The Balaban J connectivity index is 2.13. The standard InChI is InChI=1S/C13H10FN3O4/c14-9-2-4-10(12(5-9)17(20)21)15-6-8-1-3-11(13(18)19)16-7-8/h1-5,7,15H,6H2,(H,18,19). The predicted octanol–water partition coefficient (Wildman–Crippen LogP) is 2.44. The molecule has 0 aliphatic heterocycles. The molecule has 0 radical (unpaired) electrons. The van der Waals surface area contributed by atoms with Gasteiger partial charge in [0.15, 0.2) is 0 Å². The number of nitro groups is 1. The van der Waals surface area contributed by atoms with Crippen LogP contribution < -0.4 is 5.32 Å². The van der Waals surface area contributed by atoms with Crippen molar-refractivity contribution in [1.82, 2.24) is 4.98 Å². The first kappa shape index (κ1) is 14.4. The molecule has 21 heavy (non-hydrogen) atoms. The highest BCUT2D eigenvalue weighted by Crippen LogP contribution is 2.25. The van der Waals surface area contributed by atoms with Crippen molar-refractivity contribution in [3.63, 3.8) is 0 Å². The van der Waals surface area contributed by atoms with Gasteiger partial charge in [-0.15, -0.1) is 0 Å². The van der Waals surface area contributed by atoms with Gasteiger partial charge in [-0.25, -0.2) is 14.2 Å². The van der Waals surface area contributed by atoms with Crippen molar-refractivity contribution >= 4 is 17.3 Å². The number of carboxylic acids is 1. The first-order valence-electron chi connectivity index (χ1n) is 5.83. The number of hydrogen-bond donors (Lipinski definition) is 2. The lowest BCUT2D eigenvalue weighted by Gasteiger charge is -2.07. The van der Waals surface area contributed by atoms with E-state index in [2.05, 4.69) is 10.3 Å². The monoisotopic (exact) mass is 291 g/mol. The van der Waals surface area contributed by atoms with E-state index >= 15 is 0 Å². The van der Waals surface area contributed by atoms with Gasteiger partial charge in [0, 0.05) is 12.7 Å². The fraction of sp³-hybridized carbons (Fsp3) is 0.0769. The highest BCUT2D eigenvalue weighted by Gasteiger charge is 2.14. The number of pyridine rings is 1. The average Bonchev–Trinajstić information content (AvgIpc) is 2.46. The normalized spacial score (nSPS) is 10.1. The summed E-state index contributed by atoms with van der Waals surface area (Å²) in [5.41, 5.74) is 0.346. The zero-order valence-electron chi connectivity index (χ0n) is 10.6. The number of nitrogens with zero attached hydrogens (tertiary/aromatic N) is 2. The maximum absolute atomic E-state index is 13.0. The second-order valence-corrected chi connectivity index (χ2v) is 4.13. The number of aromatic nitrogens is 1. The highest BCUT2D eigenvalue weighted by atomic mass is 19.1. The van der Waals surface area contributed by atoms with E-state index < -0.39 is 16.7 Å². The third-order valence-electron chi connectivity index (χ3n) is 2.68. The van der Waals surface area contributed by atoms with Crippen molar-refractivity contribution in [2.24, 2.45) is 0 Å². The molecule has 108 valence electrons. The van der Waals surface area contributed by atoms with Crippen LogP contribution in [0.3, 0.4) is 0 Å². The van der Waals surface area contributed by atoms with Gasteiger partial charge in [-0.3, -0.25) is 10.1 Å². The predicted molar refractivity (Wildman–Crippen MR) is 71.6 cm³/mol. The summed E-state index contributed by atoms with van der Waals surface area (Å²) in [6.07, 6.45) is 1.35. The van der Waals surface area contributed by atoms with Crippen LogP contribution in [0.4, 0.5) is 15.8 Å². The summed E-state index contributed by atoms with van der Waals surface area (Å²) in [6.45, 7) is 0.194. The Morgan fingerprint density at radius 3 is 2.71 bits per heavy atom. The molecule has 8 heteroatoms. The van der Waals surface area contributed by atoms with Crippen LogP contribution in [0.1, 0.15) is 16.1 Å². The van der Waals surface area contributed by atoms with Gasteiger partial charge in [0.2, 0.25) is 0 Å². The second kappa shape index (κ2) is 5.95. The minimum absolute atomic E-state index is 0.0912. The summed E-state index contributed by atoms with van der Waals surface area (Å²) in [6, 6.07) is 6.08. The minimum atomic E-state index is -1.14. The van der Waals surface area contributed by atoms with E-state index in [0.717, 1.165) is 12.1 Å². The zero-order chi connectivity index (χ0) is 15.4. The molecule has 2 N–H and O–H groups in total. The van der Waals surface area contributed by atoms with E-state index in [-0.39, 0.29) is 23.6 Å². The molecular formula is C13H10FN3O4. The van der Waals surface area contributed by atoms with Crippen molar-refractivity contribution in [2.45, 2.75) is 6.54 Å². The summed E-state index contributed by atoms with van der Waals surface area (Å²) >= 11 is 0. The van der Waals surface area contributed by atoms with Crippen molar-refractivity contribution in [1.29, 1.82) is 0 Å². The molecule has 0 fully saturated rings. The topological polar surface area (TPSA) is 105 Å². The molecule has 0 bridgehead atoms. The van der Waals surface area contributed by atoms with E-state index in [1.807, 2.05) is 0 Å². The molecule has 0 spiro atoms. The van der Waals surface area contributed by atoms with Gasteiger partial charge in [-0.2, -0.15) is 0 Å². The number of hydrogen-bond acceptors (Lipinski definition) is 5. The lowest BCUT2D eigenvalue weighted by atomic mass is 10.2. The van der Waals surface area contributed by atoms with Gasteiger partial charge in [0.05, 0.1) is 11.0 Å². The number of carboxylic acid groups (broad SMARTS) is 1. The molecule has 0 atom stereocenters. The molecule has 0 saturated carbocycles. The van der Waals surface area contributed by atoms with E-state index in [4.69, 9.17) is 5.11 Å². The molecule has 2 rings (SSSR count). The Labute approximate surface area is 118 Å². The number of carbonyl (C=O) groups is 1. The number of halogens is 1. The maximum atomic E-state index is 13.0. The molecule has 0 unspecified atom stereocenters. The summed E-state index contributed by atoms with van der Waals surface area (Å²) in [7, 11) is 0. The molecule has 0 aliphatic rings. The number of rotatable bonds is 5. The lowest BCUT2D eigenvalue weighted by molar-refractivity contribution is -0.384. The molecule has 7 nitrogen and oxygen atoms in total. The molecule has 2 aromatic rings. The van der Waals surface area contributed by atoms with Gasteiger partial charge in [0.25, 0.3) is 5.69 Å². The van der Waals surface area contributed by atoms with Crippen LogP contribution in [0.2, 0.25) is 0 Å². The fourth-order valence-electron chi connectivity index (χ4n) is 1.66. The van der Waals surface area contributed by atoms with Crippen LogP contribution in [0, 0.1) is 15.9 Å². The van der Waals surface area contributed by atoms with Crippen molar-refractivity contribution < 1.29 is 19.2 Å². The molecule has 1 aromatic carbocycles. The summed E-state index contributed by atoms with van der Waals surface area (Å²) in [5, 5.41) is 22.3. The first-order chi connectivity index (χ1) is 9.97. The largest absolute Gasteiger partial charge is 0.477 e. The summed E-state index contributed by atoms with van der Waals surface area (Å²) < 4.78 is 13.0. The van der Waals surface area contributed by atoms with Crippen molar-refractivity contribution in [3.05, 3.63) is 63.7 Å². The first-order valence-corrected chi connectivity index (χ1v) is 5.83. The van der Waals surface area contributed by atoms with E-state index in [1.54, 1.807) is 6.07 Å². The molecule has 1 heterocycles. The summed E-state index contributed by atoms with van der Waals surface area (Å²) in [4.78, 5) is 24.5. The zero-order valence-corrected chi connectivity index (χ0v) is 10.6. The molecular weight excluding hydrogens is 281 g/mol. The van der Waals surface area contributed by atoms with Crippen LogP contribution in [0.15, 0.2) is 36.5 Å². The van der Waals surface area contributed by atoms with Gasteiger partial charge < -0.3 is 10.4 Å². The minimum Gasteiger partial charge on any atom is -0.477 e. The van der Waals surface area contributed by atoms with Gasteiger partial charge in [-0.1, -0.05) is 6.07 Å². The van der Waals surface area contributed by atoms with Gasteiger partial charge in [0.1, 0.15) is 17.2 Å². The number of anilines is 1. The van der Waals surface area contributed by atoms with E-state index in [0.29, 0.717) is 5.56 Å². The number of nitrogens with one attached hydrogen (secondary N) is 1. The average molecular weight is 291 g/mol. The summed E-state index contributed by atoms with van der Waals surface area (Å²) in [5.74, 6) is -1.83. The van der Waals surface area contributed by atoms with Crippen molar-refractivity contribution in [3.8, 4) is 0 Å². The number of aromatic carboxylic acids is 1. The molecule has 0 amide bonds. The fourth-order valence-corrected chi connectivity index (χ4v) is 1.66. The number of benzene rings is 1. The number of nitro benzene ring substituents is 1. The SMILES string of the molecule is O=C(O)c1ccc(CNc2ccc(F)cc2[N+](=O)[O-])cn1.